The fourth-order valence-electron chi connectivity index (χ4n) is 1.95. The molecule has 0 unspecified atom stereocenters. The van der Waals surface area contributed by atoms with Gasteiger partial charge in [0.05, 0.1) is 0 Å². The van der Waals surface area contributed by atoms with Crippen LogP contribution in [-0.2, 0) is 0 Å². The molecule has 0 spiro atoms. The lowest BCUT2D eigenvalue weighted by atomic mass is 10.1. The first-order valence-corrected chi connectivity index (χ1v) is 5.38. The molecule has 0 amide bonds. The monoisotopic (exact) mass is 245 g/mol. The molecule has 1 aromatic rings. The molecule has 1 aromatic carbocycles. The number of nitriles is 2. The molecule has 0 bridgehead atoms. The maximum Gasteiger partial charge on any atom is 0.160 e. The Bertz CT molecular complexity index is 577. The lowest BCUT2D eigenvalue weighted by Crippen LogP contribution is -2.18. The Morgan fingerprint density at radius 1 is 1.17 bits per heavy atom. The lowest BCUT2D eigenvalue weighted by molar-refractivity contribution is 0.508. The van der Waals surface area contributed by atoms with Gasteiger partial charge in [0.1, 0.15) is 17.7 Å². The summed E-state index contributed by atoms with van der Waals surface area (Å²) in [7, 11) is 0. The molecule has 0 aliphatic carbocycles. The van der Waals surface area contributed by atoms with Gasteiger partial charge in [-0.25, -0.2) is 8.78 Å². The first-order chi connectivity index (χ1) is 8.65. The number of halogens is 2. The van der Waals surface area contributed by atoms with E-state index < -0.39 is 11.6 Å². The van der Waals surface area contributed by atoms with Crippen molar-refractivity contribution in [3.05, 3.63) is 41.0 Å². The Hall–Kier alpha value is -2.40. The smallest absolute Gasteiger partial charge is 0.160 e. The first-order valence-electron chi connectivity index (χ1n) is 5.38. The summed E-state index contributed by atoms with van der Waals surface area (Å²) in [6.07, 6.45) is 0.593. The Labute approximate surface area is 103 Å². The zero-order valence-corrected chi connectivity index (χ0v) is 9.45. The summed E-state index contributed by atoms with van der Waals surface area (Å²) in [4.78, 5) is 1.81. The van der Waals surface area contributed by atoms with Crippen molar-refractivity contribution in [2.24, 2.45) is 0 Å². The molecule has 3 nitrogen and oxygen atoms in total. The predicted octanol–water partition coefficient (Wildman–Crippen LogP) is 2.52. The molecule has 0 saturated carbocycles. The summed E-state index contributed by atoms with van der Waals surface area (Å²) in [5.74, 6) is -1.78. The number of nitrogens with zero attached hydrogens (tertiary/aromatic N) is 3. The van der Waals surface area contributed by atoms with Crippen molar-refractivity contribution in [2.75, 3.05) is 18.0 Å². The molecule has 0 N–H and O–H groups in total. The molecule has 0 atom stereocenters. The maximum absolute atomic E-state index is 13.1. The van der Waals surface area contributed by atoms with E-state index in [4.69, 9.17) is 10.5 Å². The Balaban J connectivity index is 2.24. The van der Waals surface area contributed by atoms with E-state index in [0.29, 0.717) is 25.2 Å². The van der Waals surface area contributed by atoms with Gasteiger partial charge in [0.25, 0.3) is 0 Å². The van der Waals surface area contributed by atoms with Gasteiger partial charge in [-0.05, 0) is 24.1 Å². The molecule has 1 heterocycles. The van der Waals surface area contributed by atoms with Crippen LogP contribution in [-0.4, -0.2) is 13.1 Å². The van der Waals surface area contributed by atoms with Crippen molar-refractivity contribution in [2.45, 2.75) is 6.42 Å². The summed E-state index contributed by atoms with van der Waals surface area (Å²) in [5, 5.41) is 17.5. The normalized spacial score (nSPS) is 14.2. The standard InChI is InChI=1S/C13H9F2N3/c14-12-2-1-11(5-13(12)15)18-4-3-9(8-18)10(6-16)7-17/h1-2,5H,3-4,8H2. The molecule has 90 valence electrons. The van der Waals surface area contributed by atoms with Crippen LogP contribution in [0, 0.1) is 34.3 Å². The Morgan fingerprint density at radius 2 is 1.89 bits per heavy atom. The lowest BCUT2D eigenvalue weighted by Gasteiger charge is -2.17. The molecule has 1 aliphatic heterocycles. The molecular formula is C13H9F2N3. The van der Waals surface area contributed by atoms with Crippen molar-refractivity contribution in [3.8, 4) is 12.1 Å². The predicted molar refractivity (Wildman–Crippen MR) is 61.4 cm³/mol. The number of benzene rings is 1. The van der Waals surface area contributed by atoms with Crippen LogP contribution < -0.4 is 4.90 Å². The molecular weight excluding hydrogens is 236 g/mol. The molecule has 1 fully saturated rings. The summed E-state index contributed by atoms with van der Waals surface area (Å²) < 4.78 is 25.9. The van der Waals surface area contributed by atoms with Gasteiger partial charge in [0.15, 0.2) is 11.6 Å². The molecule has 2 rings (SSSR count). The van der Waals surface area contributed by atoms with Crippen LogP contribution in [0.4, 0.5) is 14.5 Å². The summed E-state index contributed by atoms with van der Waals surface area (Å²) >= 11 is 0. The molecule has 18 heavy (non-hydrogen) atoms. The van der Waals surface area contributed by atoms with Crippen LogP contribution in [0.3, 0.4) is 0 Å². The first kappa shape index (κ1) is 12.1. The Kier molecular flexibility index (Phi) is 3.25. The largest absolute Gasteiger partial charge is 0.367 e. The average Bonchev–Trinajstić information content (AvgIpc) is 2.84. The van der Waals surface area contributed by atoms with E-state index in [1.807, 2.05) is 17.0 Å². The van der Waals surface area contributed by atoms with Gasteiger partial charge in [-0.15, -0.1) is 0 Å². The van der Waals surface area contributed by atoms with Gasteiger partial charge >= 0.3 is 0 Å². The minimum absolute atomic E-state index is 0.111. The second-order valence-corrected chi connectivity index (χ2v) is 3.97. The van der Waals surface area contributed by atoms with Gasteiger partial charge in [-0.2, -0.15) is 10.5 Å². The van der Waals surface area contributed by atoms with Crippen LogP contribution in [0.15, 0.2) is 29.3 Å². The molecule has 1 aliphatic rings. The second kappa shape index (κ2) is 4.85. The third kappa shape index (κ3) is 2.16. The zero-order chi connectivity index (χ0) is 13.1. The zero-order valence-electron chi connectivity index (χ0n) is 9.45. The molecule has 5 heteroatoms. The highest BCUT2D eigenvalue weighted by atomic mass is 19.2. The van der Waals surface area contributed by atoms with E-state index in [1.54, 1.807) is 0 Å². The highest BCUT2D eigenvalue weighted by Crippen LogP contribution is 2.26. The highest BCUT2D eigenvalue weighted by molar-refractivity contribution is 5.53. The maximum atomic E-state index is 13.1. The van der Waals surface area contributed by atoms with Crippen molar-refractivity contribution < 1.29 is 8.78 Å². The van der Waals surface area contributed by atoms with Crippen molar-refractivity contribution in [3.63, 3.8) is 0 Å². The van der Waals surface area contributed by atoms with Gasteiger partial charge in [-0.1, -0.05) is 0 Å². The topological polar surface area (TPSA) is 50.8 Å². The third-order valence-electron chi connectivity index (χ3n) is 2.91. The molecule has 1 saturated heterocycles. The van der Waals surface area contributed by atoms with Gasteiger partial charge < -0.3 is 4.90 Å². The number of hydrogen-bond donors (Lipinski definition) is 0. The van der Waals surface area contributed by atoms with Crippen LogP contribution in [0.5, 0.6) is 0 Å². The quantitative estimate of drug-likeness (QED) is 0.714. The van der Waals surface area contributed by atoms with Gasteiger partial charge in [-0.3, -0.25) is 0 Å². The van der Waals surface area contributed by atoms with Gasteiger partial charge in [0, 0.05) is 24.8 Å². The van der Waals surface area contributed by atoms with Crippen molar-refractivity contribution in [1.82, 2.24) is 0 Å². The van der Waals surface area contributed by atoms with Crippen LogP contribution in [0.1, 0.15) is 6.42 Å². The molecule has 0 aromatic heterocycles. The summed E-state index contributed by atoms with van der Waals surface area (Å²) in [6.45, 7) is 0.995. The second-order valence-electron chi connectivity index (χ2n) is 3.97. The van der Waals surface area contributed by atoms with E-state index in [-0.39, 0.29) is 5.57 Å². The van der Waals surface area contributed by atoms with Gasteiger partial charge in [0.2, 0.25) is 0 Å². The Morgan fingerprint density at radius 3 is 2.50 bits per heavy atom. The van der Waals surface area contributed by atoms with Crippen LogP contribution >= 0.6 is 0 Å². The van der Waals surface area contributed by atoms with E-state index >= 15 is 0 Å². The fourth-order valence-corrected chi connectivity index (χ4v) is 1.95. The number of allylic oxidation sites excluding steroid dienone is 1. The summed E-state index contributed by atoms with van der Waals surface area (Å²) in [5.41, 5.74) is 1.41. The van der Waals surface area contributed by atoms with E-state index in [2.05, 4.69) is 0 Å². The minimum atomic E-state index is -0.897. The number of rotatable bonds is 1. The van der Waals surface area contributed by atoms with E-state index in [0.717, 1.165) is 17.7 Å². The van der Waals surface area contributed by atoms with E-state index in [9.17, 15) is 8.78 Å². The van der Waals surface area contributed by atoms with E-state index in [1.165, 1.54) is 6.07 Å². The average molecular weight is 245 g/mol. The van der Waals surface area contributed by atoms with Crippen molar-refractivity contribution in [1.29, 1.82) is 10.5 Å². The fraction of sp³-hybridized carbons (Fsp3) is 0.231. The highest BCUT2D eigenvalue weighted by Gasteiger charge is 2.21. The van der Waals surface area contributed by atoms with Crippen LogP contribution in [0.25, 0.3) is 0 Å². The third-order valence-corrected chi connectivity index (χ3v) is 2.91. The van der Waals surface area contributed by atoms with Crippen LogP contribution in [0.2, 0.25) is 0 Å². The summed E-state index contributed by atoms with van der Waals surface area (Å²) in [6, 6.07) is 7.37. The van der Waals surface area contributed by atoms with Crippen molar-refractivity contribution >= 4 is 5.69 Å². The minimum Gasteiger partial charge on any atom is -0.367 e. The number of hydrogen-bond acceptors (Lipinski definition) is 3. The number of anilines is 1. The molecule has 0 radical (unpaired) electrons. The SMILES string of the molecule is N#CC(C#N)=C1CCN(c2ccc(F)c(F)c2)C1.